The summed E-state index contributed by atoms with van der Waals surface area (Å²) in [5, 5.41) is 0.654. The Bertz CT molecular complexity index is 1110. The summed E-state index contributed by atoms with van der Waals surface area (Å²) in [5.74, 6) is 1.39. The molecule has 5 nitrogen and oxygen atoms in total. The summed E-state index contributed by atoms with van der Waals surface area (Å²) in [5.41, 5.74) is 2.75. The zero-order valence-electron chi connectivity index (χ0n) is 13.8. The topological polar surface area (TPSA) is 48.5 Å². The number of ether oxygens (including phenoxy) is 1. The highest BCUT2D eigenvalue weighted by atomic mass is 16.5. The van der Waals surface area contributed by atoms with Crippen LogP contribution in [-0.4, -0.2) is 21.1 Å². The van der Waals surface area contributed by atoms with Gasteiger partial charge in [0.25, 0.3) is 5.56 Å². The fourth-order valence-corrected chi connectivity index (χ4v) is 3.19. The highest BCUT2D eigenvalue weighted by Gasteiger charge is 2.15. The summed E-state index contributed by atoms with van der Waals surface area (Å²) in [6.45, 7) is 2.78. The van der Waals surface area contributed by atoms with Gasteiger partial charge in [0.1, 0.15) is 5.75 Å². The zero-order valence-corrected chi connectivity index (χ0v) is 13.8. The third kappa shape index (κ3) is 2.08. The molecule has 0 saturated carbocycles. The first-order valence-corrected chi connectivity index (χ1v) is 8.22. The van der Waals surface area contributed by atoms with Crippen molar-refractivity contribution in [3.05, 3.63) is 52.8 Å². The maximum atomic E-state index is 13.0. The first-order chi connectivity index (χ1) is 11.7. The van der Waals surface area contributed by atoms with Gasteiger partial charge in [-0.25, -0.2) is 4.98 Å². The van der Waals surface area contributed by atoms with E-state index >= 15 is 0 Å². The van der Waals surface area contributed by atoms with E-state index in [0.717, 1.165) is 29.4 Å². The van der Waals surface area contributed by atoms with Crippen LogP contribution in [-0.2, 0) is 6.54 Å². The molecule has 0 aliphatic rings. The van der Waals surface area contributed by atoms with Crippen LogP contribution in [0, 0.1) is 0 Å². The van der Waals surface area contributed by atoms with Gasteiger partial charge in [0.15, 0.2) is 0 Å². The van der Waals surface area contributed by atoms with Crippen molar-refractivity contribution in [3.63, 3.8) is 0 Å². The Balaban J connectivity index is 2.21. The van der Waals surface area contributed by atoms with E-state index in [2.05, 4.69) is 11.3 Å². The smallest absolute Gasteiger partial charge is 0.262 e. The van der Waals surface area contributed by atoms with Crippen LogP contribution in [0.3, 0.4) is 0 Å². The molecular formula is C19H19N3O2. The molecule has 2 aromatic heterocycles. The molecule has 0 unspecified atom stereocenters. The summed E-state index contributed by atoms with van der Waals surface area (Å²) >= 11 is 0. The number of imidazole rings is 1. The van der Waals surface area contributed by atoms with Crippen molar-refractivity contribution < 1.29 is 4.74 Å². The van der Waals surface area contributed by atoms with Gasteiger partial charge in [-0.3, -0.25) is 13.8 Å². The van der Waals surface area contributed by atoms with Gasteiger partial charge in [0, 0.05) is 6.54 Å². The minimum absolute atomic E-state index is 0.0137. The minimum atomic E-state index is -0.0137. The van der Waals surface area contributed by atoms with Crippen LogP contribution < -0.4 is 10.3 Å². The SMILES string of the molecule is CCCCn1c(=O)c2cc(OC)ccc2n2c3ccccc3nc12. The van der Waals surface area contributed by atoms with E-state index in [9.17, 15) is 4.79 Å². The van der Waals surface area contributed by atoms with E-state index in [1.54, 1.807) is 11.7 Å². The molecule has 2 aromatic carbocycles. The molecule has 0 aliphatic carbocycles. The van der Waals surface area contributed by atoms with Gasteiger partial charge >= 0.3 is 0 Å². The fraction of sp³-hybridized carbons (Fsp3) is 0.263. The lowest BCUT2D eigenvalue weighted by Gasteiger charge is -2.11. The fourth-order valence-electron chi connectivity index (χ4n) is 3.19. The number of fused-ring (bicyclic) bond motifs is 5. The molecule has 4 rings (SSSR count). The maximum Gasteiger partial charge on any atom is 0.262 e. The van der Waals surface area contributed by atoms with E-state index in [4.69, 9.17) is 9.72 Å². The number of hydrogen-bond donors (Lipinski definition) is 0. The molecular weight excluding hydrogens is 302 g/mol. The Labute approximate surface area is 139 Å². The Kier molecular flexibility index (Phi) is 3.49. The summed E-state index contributed by atoms with van der Waals surface area (Å²) in [6.07, 6.45) is 1.96. The number of benzene rings is 2. The molecule has 24 heavy (non-hydrogen) atoms. The second kappa shape index (κ2) is 5.67. The summed E-state index contributed by atoms with van der Waals surface area (Å²) < 4.78 is 9.16. The van der Waals surface area contributed by atoms with Crippen LogP contribution in [0.25, 0.3) is 27.7 Å². The average molecular weight is 321 g/mol. The Morgan fingerprint density at radius 1 is 1.12 bits per heavy atom. The van der Waals surface area contributed by atoms with Crippen LogP contribution in [0.5, 0.6) is 5.75 Å². The van der Waals surface area contributed by atoms with Gasteiger partial charge in [-0.1, -0.05) is 25.5 Å². The number of nitrogens with zero attached hydrogens (tertiary/aromatic N) is 3. The zero-order chi connectivity index (χ0) is 16.7. The molecule has 0 radical (unpaired) electrons. The maximum absolute atomic E-state index is 13.0. The third-order valence-corrected chi connectivity index (χ3v) is 4.44. The predicted octanol–water partition coefficient (Wildman–Crippen LogP) is 3.61. The standard InChI is InChI=1S/C19H19N3O2/c1-3-4-11-21-18(23)14-12-13(24-2)9-10-16(14)22-17-8-6-5-7-15(17)20-19(21)22/h5-10,12H,3-4,11H2,1-2H3. The van der Waals surface area contributed by atoms with E-state index < -0.39 is 0 Å². The highest BCUT2D eigenvalue weighted by molar-refractivity contribution is 5.89. The van der Waals surface area contributed by atoms with Gasteiger partial charge in [-0.05, 0) is 36.8 Å². The van der Waals surface area contributed by atoms with Crippen LogP contribution in [0.15, 0.2) is 47.3 Å². The third-order valence-electron chi connectivity index (χ3n) is 4.44. The molecule has 0 N–H and O–H groups in total. The molecule has 0 bridgehead atoms. The van der Waals surface area contributed by atoms with Crippen molar-refractivity contribution in [2.75, 3.05) is 7.11 Å². The molecule has 0 spiro atoms. The molecule has 2 heterocycles. The van der Waals surface area contributed by atoms with E-state index in [1.807, 2.05) is 42.5 Å². The number of aromatic nitrogens is 3. The van der Waals surface area contributed by atoms with E-state index in [0.29, 0.717) is 23.5 Å². The molecule has 4 aromatic rings. The normalized spacial score (nSPS) is 11.6. The number of para-hydroxylation sites is 2. The van der Waals surface area contributed by atoms with Crippen LogP contribution in [0.1, 0.15) is 19.8 Å². The number of hydrogen-bond acceptors (Lipinski definition) is 3. The number of rotatable bonds is 4. The van der Waals surface area contributed by atoms with Crippen molar-refractivity contribution in [2.24, 2.45) is 0 Å². The summed E-state index contributed by atoms with van der Waals surface area (Å²) in [4.78, 5) is 17.8. The van der Waals surface area contributed by atoms with Gasteiger partial charge < -0.3 is 4.74 Å². The minimum Gasteiger partial charge on any atom is -0.497 e. The highest BCUT2D eigenvalue weighted by Crippen LogP contribution is 2.24. The van der Waals surface area contributed by atoms with Crippen molar-refractivity contribution in [1.82, 2.24) is 14.0 Å². The van der Waals surface area contributed by atoms with Crippen LogP contribution >= 0.6 is 0 Å². The largest absolute Gasteiger partial charge is 0.497 e. The van der Waals surface area contributed by atoms with Crippen molar-refractivity contribution in [2.45, 2.75) is 26.3 Å². The molecule has 0 amide bonds. The molecule has 0 fully saturated rings. The molecule has 5 heteroatoms. The second-order valence-electron chi connectivity index (χ2n) is 5.93. The molecule has 122 valence electrons. The van der Waals surface area contributed by atoms with E-state index in [1.165, 1.54) is 0 Å². The predicted molar refractivity (Wildman–Crippen MR) is 95.9 cm³/mol. The second-order valence-corrected chi connectivity index (χ2v) is 5.93. The lowest BCUT2D eigenvalue weighted by Crippen LogP contribution is -2.23. The van der Waals surface area contributed by atoms with Crippen molar-refractivity contribution in [3.8, 4) is 5.75 Å². The Morgan fingerprint density at radius 2 is 1.96 bits per heavy atom. The number of methoxy groups -OCH3 is 1. The van der Waals surface area contributed by atoms with E-state index in [-0.39, 0.29) is 5.56 Å². The average Bonchev–Trinajstić information content (AvgIpc) is 3.00. The molecule has 0 aliphatic heterocycles. The quantitative estimate of drug-likeness (QED) is 0.577. The van der Waals surface area contributed by atoms with Gasteiger partial charge in [-0.15, -0.1) is 0 Å². The number of unbranched alkanes of at least 4 members (excludes halogenated alkanes) is 1. The molecule has 0 saturated heterocycles. The first-order valence-electron chi connectivity index (χ1n) is 8.22. The van der Waals surface area contributed by atoms with Crippen molar-refractivity contribution >= 4 is 27.7 Å². The number of aryl methyl sites for hydroxylation is 1. The van der Waals surface area contributed by atoms with Gasteiger partial charge in [0.05, 0.1) is 29.0 Å². The van der Waals surface area contributed by atoms with Crippen molar-refractivity contribution in [1.29, 1.82) is 0 Å². The molecule has 0 atom stereocenters. The Morgan fingerprint density at radius 3 is 2.75 bits per heavy atom. The van der Waals surface area contributed by atoms with Gasteiger partial charge in [0.2, 0.25) is 5.78 Å². The van der Waals surface area contributed by atoms with Crippen LogP contribution in [0.2, 0.25) is 0 Å². The Hall–Kier alpha value is -2.82. The monoisotopic (exact) mass is 321 g/mol. The lowest BCUT2D eigenvalue weighted by molar-refractivity contribution is 0.415. The summed E-state index contributed by atoms with van der Waals surface area (Å²) in [6, 6.07) is 13.6. The lowest BCUT2D eigenvalue weighted by atomic mass is 10.2. The van der Waals surface area contributed by atoms with Crippen LogP contribution in [0.4, 0.5) is 0 Å². The van der Waals surface area contributed by atoms with Gasteiger partial charge in [-0.2, -0.15) is 0 Å². The summed E-state index contributed by atoms with van der Waals surface area (Å²) in [7, 11) is 1.61. The first kappa shape index (κ1) is 14.8.